The van der Waals surface area contributed by atoms with E-state index in [0.29, 0.717) is 6.42 Å². The van der Waals surface area contributed by atoms with Gasteiger partial charge in [-0.15, -0.1) is 0 Å². The van der Waals surface area contributed by atoms with Gasteiger partial charge in [0.2, 0.25) is 0 Å². The molecule has 0 aliphatic carbocycles. The Balaban J connectivity index is 2.61. The molecule has 156 valence electrons. The van der Waals surface area contributed by atoms with Crippen LogP contribution in [0.4, 0.5) is 0 Å². The average molecular weight is 389 g/mol. The zero-order chi connectivity index (χ0) is 20.8. The molecule has 0 saturated carbocycles. The van der Waals surface area contributed by atoms with Crippen LogP contribution in [-0.2, 0) is 25.5 Å². The molecular weight excluding hydrogens is 352 g/mol. The zero-order valence-corrected chi connectivity index (χ0v) is 18.0. The maximum absolute atomic E-state index is 11.3. The van der Waals surface area contributed by atoms with Crippen molar-refractivity contribution in [2.45, 2.75) is 91.8 Å². The first-order chi connectivity index (χ1) is 13.5. The van der Waals surface area contributed by atoms with Crippen molar-refractivity contribution in [2.24, 2.45) is 0 Å². The lowest BCUT2D eigenvalue weighted by atomic mass is 10.0. The largest absolute Gasteiger partial charge is 0.421 e. The van der Waals surface area contributed by atoms with Gasteiger partial charge in [0, 0.05) is 19.4 Å². The minimum Gasteiger partial charge on any atom is -0.421 e. The molecule has 4 heteroatoms. The molecule has 4 nitrogen and oxygen atoms in total. The summed E-state index contributed by atoms with van der Waals surface area (Å²) in [5.74, 6) is -0.953. The molecule has 28 heavy (non-hydrogen) atoms. The van der Waals surface area contributed by atoms with Gasteiger partial charge in [-0.05, 0) is 36.5 Å². The second kappa shape index (κ2) is 14.0. The van der Waals surface area contributed by atoms with Gasteiger partial charge in [0.1, 0.15) is 0 Å². The summed E-state index contributed by atoms with van der Waals surface area (Å²) < 4.78 is 10.3. The SMILES string of the molecule is CCCCCCCCCc1ccc(/C=C(\CC)C(OC(C)=O)OC(C)=O)cc1. The molecule has 0 saturated heterocycles. The van der Waals surface area contributed by atoms with Crippen molar-refractivity contribution in [1.82, 2.24) is 0 Å². The highest BCUT2D eigenvalue weighted by Gasteiger charge is 2.19. The Kier molecular flexibility index (Phi) is 11.9. The van der Waals surface area contributed by atoms with Crippen molar-refractivity contribution in [1.29, 1.82) is 0 Å². The van der Waals surface area contributed by atoms with Crippen molar-refractivity contribution in [3.63, 3.8) is 0 Å². The van der Waals surface area contributed by atoms with Gasteiger partial charge in [0.25, 0.3) is 6.29 Å². The summed E-state index contributed by atoms with van der Waals surface area (Å²) >= 11 is 0. The molecule has 0 amide bonds. The molecule has 1 aromatic rings. The zero-order valence-electron chi connectivity index (χ0n) is 18.0. The topological polar surface area (TPSA) is 52.6 Å². The predicted molar refractivity (Wildman–Crippen MR) is 114 cm³/mol. The van der Waals surface area contributed by atoms with E-state index in [1.165, 1.54) is 64.4 Å². The summed E-state index contributed by atoms with van der Waals surface area (Å²) in [6.45, 7) is 6.81. The quantitative estimate of drug-likeness (QED) is 0.228. The maximum atomic E-state index is 11.3. The number of hydrogen-bond acceptors (Lipinski definition) is 4. The van der Waals surface area contributed by atoms with Crippen molar-refractivity contribution < 1.29 is 19.1 Å². The van der Waals surface area contributed by atoms with E-state index < -0.39 is 18.2 Å². The second-order valence-corrected chi connectivity index (χ2v) is 7.24. The average Bonchev–Trinajstić information content (AvgIpc) is 2.65. The van der Waals surface area contributed by atoms with Crippen LogP contribution in [0, 0.1) is 0 Å². The Labute approximate surface area is 170 Å². The monoisotopic (exact) mass is 388 g/mol. The van der Waals surface area contributed by atoms with Gasteiger partial charge in [-0.2, -0.15) is 0 Å². The standard InChI is InChI=1S/C24H36O4/c1-5-7-8-9-10-11-12-13-21-14-16-22(17-15-21)18-23(6-2)24(27-19(3)25)28-20(4)26/h14-18,24H,5-13H2,1-4H3/b23-18+. The lowest BCUT2D eigenvalue weighted by molar-refractivity contribution is -0.178. The highest BCUT2D eigenvalue weighted by atomic mass is 16.7. The minimum atomic E-state index is -0.965. The molecule has 0 radical (unpaired) electrons. The lowest BCUT2D eigenvalue weighted by Gasteiger charge is -2.19. The fourth-order valence-corrected chi connectivity index (χ4v) is 3.09. The van der Waals surface area contributed by atoms with Gasteiger partial charge in [-0.3, -0.25) is 9.59 Å². The number of benzene rings is 1. The first-order valence-corrected chi connectivity index (χ1v) is 10.6. The molecule has 0 N–H and O–H groups in total. The predicted octanol–water partition coefficient (Wildman–Crippen LogP) is 6.23. The summed E-state index contributed by atoms with van der Waals surface area (Å²) in [7, 11) is 0. The normalized spacial score (nSPS) is 11.5. The molecular formula is C24H36O4. The number of esters is 2. The van der Waals surface area contributed by atoms with Crippen LogP contribution in [0.25, 0.3) is 6.08 Å². The van der Waals surface area contributed by atoms with Crippen LogP contribution in [0.5, 0.6) is 0 Å². The van der Waals surface area contributed by atoms with Crippen LogP contribution >= 0.6 is 0 Å². The van der Waals surface area contributed by atoms with Gasteiger partial charge in [-0.1, -0.05) is 76.6 Å². The van der Waals surface area contributed by atoms with Crippen molar-refractivity contribution in [3.05, 3.63) is 41.0 Å². The molecule has 0 bridgehead atoms. The van der Waals surface area contributed by atoms with Crippen molar-refractivity contribution >= 4 is 18.0 Å². The van der Waals surface area contributed by atoms with Crippen LogP contribution in [0.2, 0.25) is 0 Å². The van der Waals surface area contributed by atoms with E-state index in [4.69, 9.17) is 9.47 Å². The molecule has 0 aromatic heterocycles. The van der Waals surface area contributed by atoms with Crippen molar-refractivity contribution in [2.75, 3.05) is 0 Å². The summed E-state index contributed by atoms with van der Waals surface area (Å²) in [5, 5.41) is 0. The fraction of sp³-hybridized carbons (Fsp3) is 0.583. The number of unbranched alkanes of at least 4 members (excludes halogenated alkanes) is 6. The van der Waals surface area contributed by atoms with Crippen LogP contribution in [0.3, 0.4) is 0 Å². The Morgan fingerprint density at radius 3 is 1.89 bits per heavy atom. The fourth-order valence-electron chi connectivity index (χ4n) is 3.09. The third kappa shape index (κ3) is 10.3. The minimum absolute atomic E-state index is 0.476. The summed E-state index contributed by atoms with van der Waals surface area (Å²) in [4.78, 5) is 22.6. The molecule has 1 rings (SSSR count). The first-order valence-electron chi connectivity index (χ1n) is 10.6. The molecule has 0 aliphatic heterocycles. The molecule has 0 aliphatic rings. The first kappa shape index (κ1) is 23.9. The van der Waals surface area contributed by atoms with Crippen LogP contribution in [0.1, 0.15) is 90.2 Å². The Morgan fingerprint density at radius 1 is 0.857 bits per heavy atom. The lowest BCUT2D eigenvalue weighted by Crippen LogP contribution is -2.24. The third-order valence-electron chi connectivity index (χ3n) is 4.66. The van der Waals surface area contributed by atoms with E-state index in [1.54, 1.807) is 0 Å². The molecule has 0 atom stereocenters. The van der Waals surface area contributed by atoms with Crippen LogP contribution < -0.4 is 0 Å². The van der Waals surface area contributed by atoms with Gasteiger partial charge in [-0.25, -0.2) is 0 Å². The molecule has 0 spiro atoms. The number of carbonyl (C=O) groups excluding carboxylic acids is 2. The third-order valence-corrected chi connectivity index (χ3v) is 4.66. The van der Waals surface area contributed by atoms with E-state index in [-0.39, 0.29) is 0 Å². The van der Waals surface area contributed by atoms with E-state index in [9.17, 15) is 9.59 Å². The van der Waals surface area contributed by atoms with E-state index in [2.05, 4.69) is 31.2 Å². The molecule has 1 aromatic carbocycles. The molecule has 0 fully saturated rings. The van der Waals surface area contributed by atoms with Gasteiger partial charge in [0.05, 0.1) is 0 Å². The second-order valence-electron chi connectivity index (χ2n) is 7.24. The molecule has 0 heterocycles. The number of rotatable bonds is 13. The Bertz CT molecular complexity index is 600. The van der Waals surface area contributed by atoms with E-state index >= 15 is 0 Å². The summed E-state index contributed by atoms with van der Waals surface area (Å²) in [5.41, 5.74) is 3.09. The van der Waals surface area contributed by atoms with E-state index in [1.807, 2.05) is 13.0 Å². The summed E-state index contributed by atoms with van der Waals surface area (Å²) in [6, 6.07) is 8.40. The van der Waals surface area contributed by atoms with Crippen LogP contribution in [-0.4, -0.2) is 18.2 Å². The molecule has 0 unspecified atom stereocenters. The van der Waals surface area contributed by atoms with Crippen LogP contribution in [0.15, 0.2) is 29.8 Å². The summed E-state index contributed by atoms with van der Waals surface area (Å²) in [6.07, 6.45) is 11.9. The number of carbonyl (C=O) groups is 2. The highest BCUT2D eigenvalue weighted by Crippen LogP contribution is 2.19. The van der Waals surface area contributed by atoms with Gasteiger partial charge in [0.15, 0.2) is 0 Å². The van der Waals surface area contributed by atoms with E-state index in [0.717, 1.165) is 17.6 Å². The smallest absolute Gasteiger partial charge is 0.305 e. The number of aryl methyl sites for hydroxylation is 1. The maximum Gasteiger partial charge on any atom is 0.305 e. The van der Waals surface area contributed by atoms with Crippen molar-refractivity contribution in [3.8, 4) is 0 Å². The Hall–Kier alpha value is -2.10. The van der Waals surface area contributed by atoms with Gasteiger partial charge < -0.3 is 9.47 Å². The Morgan fingerprint density at radius 2 is 1.39 bits per heavy atom. The number of hydrogen-bond donors (Lipinski definition) is 0. The van der Waals surface area contributed by atoms with Gasteiger partial charge >= 0.3 is 11.9 Å². The number of ether oxygens (including phenoxy) is 2. The highest BCUT2D eigenvalue weighted by molar-refractivity contribution is 5.69.